The van der Waals surface area contributed by atoms with Gasteiger partial charge in [0.05, 0.1) is 0 Å². The van der Waals surface area contributed by atoms with Crippen molar-refractivity contribution in [3.8, 4) is 5.75 Å². The summed E-state index contributed by atoms with van der Waals surface area (Å²) in [7, 11) is 0. The van der Waals surface area contributed by atoms with Gasteiger partial charge in [-0.1, -0.05) is 22.0 Å². The highest BCUT2D eigenvalue weighted by atomic mass is 79.9. The van der Waals surface area contributed by atoms with E-state index in [1.165, 1.54) is 4.88 Å². The van der Waals surface area contributed by atoms with E-state index in [-0.39, 0.29) is 18.1 Å². The molecule has 0 fully saturated rings. The Balaban J connectivity index is 1.92. The molecule has 0 aliphatic carbocycles. The van der Waals surface area contributed by atoms with E-state index in [0.29, 0.717) is 6.54 Å². The van der Waals surface area contributed by atoms with Crippen molar-refractivity contribution in [3.63, 3.8) is 0 Å². The van der Waals surface area contributed by atoms with Gasteiger partial charge in [0, 0.05) is 33.5 Å². The fourth-order valence-electron chi connectivity index (χ4n) is 2.16. The number of hydrogen-bond acceptors (Lipinski definition) is 4. The average molecular weight is 411 g/mol. The van der Waals surface area contributed by atoms with Crippen LogP contribution in [0.5, 0.6) is 5.75 Å². The second-order valence-electron chi connectivity index (χ2n) is 6.52. The maximum absolute atomic E-state index is 11.9. The van der Waals surface area contributed by atoms with Crippen molar-refractivity contribution in [1.82, 2.24) is 10.6 Å². The number of halogens is 1. The molecule has 1 aromatic carbocycles. The van der Waals surface area contributed by atoms with Crippen molar-refractivity contribution in [1.29, 1.82) is 0 Å². The number of ether oxygens (including phenoxy) is 1. The zero-order chi connectivity index (χ0) is 17.6. The van der Waals surface area contributed by atoms with E-state index in [1.54, 1.807) is 11.3 Å². The topological polar surface area (TPSA) is 50.4 Å². The molecule has 2 rings (SSSR count). The van der Waals surface area contributed by atoms with E-state index in [2.05, 4.69) is 38.0 Å². The summed E-state index contributed by atoms with van der Waals surface area (Å²) in [4.78, 5) is 13.2. The van der Waals surface area contributed by atoms with Crippen molar-refractivity contribution >= 4 is 33.2 Å². The van der Waals surface area contributed by atoms with Gasteiger partial charge >= 0.3 is 0 Å². The van der Waals surface area contributed by atoms with E-state index >= 15 is 0 Å². The smallest absolute Gasteiger partial charge is 0.258 e. The lowest BCUT2D eigenvalue weighted by Crippen LogP contribution is -2.43. The predicted octanol–water partition coefficient (Wildman–Crippen LogP) is 4.09. The molecule has 0 unspecified atom stereocenters. The Kier molecular flexibility index (Phi) is 6.83. The van der Waals surface area contributed by atoms with Gasteiger partial charge in [0.2, 0.25) is 0 Å². The maximum Gasteiger partial charge on any atom is 0.258 e. The standard InChI is InChI=1S/C18H23BrN2O2S/c1-18(2,3)21-17(22)12-23-16-7-6-14(19)9-13(16)10-20-11-15-5-4-8-24-15/h4-9,20H,10-12H2,1-3H3,(H,21,22). The van der Waals surface area contributed by atoms with Crippen LogP contribution in [0.15, 0.2) is 40.2 Å². The van der Waals surface area contributed by atoms with Gasteiger partial charge in [-0.15, -0.1) is 11.3 Å². The van der Waals surface area contributed by atoms with Crippen LogP contribution in [0.2, 0.25) is 0 Å². The van der Waals surface area contributed by atoms with Crippen molar-refractivity contribution in [2.45, 2.75) is 39.4 Å². The molecule has 0 aliphatic heterocycles. The zero-order valence-electron chi connectivity index (χ0n) is 14.2. The molecule has 1 amide bonds. The summed E-state index contributed by atoms with van der Waals surface area (Å²) >= 11 is 5.22. The van der Waals surface area contributed by atoms with Crippen LogP contribution in [-0.4, -0.2) is 18.1 Å². The fraction of sp³-hybridized carbons (Fsp3) is 0.389. The normalized spacial score (nSPS) is 11.3. The summed E-state index contributed by atoms with van der Waals surface area (Å²) in [6.07, 6.45) is 0. The lowest BCUT2D eigenvalue weighted by Gasteiger charge is -2.21. The first-order chi connectivity index (χ1) is 11.3. The van der Waals surface area contributed by atoms with Gasteiger partial charge in [0.15, 0.2) is 6.61 Å². The van der Waals surface area contributed by atoms with Gasteiger partial charge in [0.1, 0.15) is 5.75 Å². The lowest BCUT2D eigenvalue weighted by atomic mass is 10.1. The van der Waals surface area contributed by atoms with Crippen molar-refractivity contribution < 1.29 is 9.53 Å². The Hall–Kier alpha value is -1.37. The Morgan fingerprint density at radius 2 is 2.04 bits per heavy atom. The van der Waals surface area contributed by atoms with Gasteiger partial charge < -0.3 is 15.4 Å². The van der Waals surface area contributed by atoms with Gasteiger partial charge in [-0.2, -0.15) is 0 Å². The molecule has 24 heavy (non-hydrogen) atoms. The maximum atomic E-state index is 11.9. The van der Waals surface area contributed by atoms with Crippen LogP contribution in [0.4, 0.5) is 0 Å². The molecule has 2 N–H and O–H groups in total. The molecule has 4 nitrogen and oxygen atoms in total. The number of thiophene rings is 1. The number of hydrogen-bond donors (Lipinski definition) is 2. The zero-order valence-corrected chi connectivity index (χ0v) is 16.6. The van der Waals surface area contributed by atoms with Crippen LogP contribution in [-0.2, 0) is 17.9 Å². The molecular weight excluding hydrogens is 388 g/mol. The third-order valence-corrected chi connectivity index (χ3v) is 4.46. The van der Waals surface area contributed by atoms with Crippen LogP contribution < -0.4 is 15.4 Å². The first-order valence-corrected chi connectivity index (χ1v) is 9.46. The van der Waals surface area contributed by atoms with Crippen molar-refractivity contribution in [2.24, 2.45) is 0 Å². The third kappa shape index (κ3) is 6.63. The molecule has 2 aromatic rings. The molecule has 0 atom stereocenters. The number of nitrogens with one attached hydrogen (secondary N) is 2. The van der Waals surface area contributed by atoms with Gasteiger partial charge in [0.25, 0.3) is 5.91 Å². The quantitative estimate of drug-likeness (QED) is 0.722. The molecule has 6 heteroatoms. The van der Waals surface area contributed by atoms with Gasteiger partial charge in [-0.05, 0) is 50.4 Å². The number of carbonyl (C=O) groups is 1. The molecule has 1 aromatic heterocycles. The predicted molar refractivity (Wildman–Crippen MR) is 102 cm³/mol. The Bertz CT molecular complexity index is 666. The highest BCUT2D eigenvalue weighted by molar-refractivity contribution is 9.10. The van der Waals surface area contributed by atoms with Gasteiger partial charge in [-0.25, -0.2) is 0 Å². The Morgan fingerprint density at radius 1 is 1.25 bits per heavy atom. The van der Waals surface area contributed by atoms with E-state index < -0.39 is 0 Å². The van der Waals surface area contributed by atoms with Crippen molar-refractivity contribution in [3.05, 3.63) is 50.6 Å². The lowest BCUT2D eigenvalue weighted by molar-refractivity contribution is -0.124. The second-order valence-corrected chi connectivity index (χ2v) is 8.47. The van der Waals surface area contributed by atoms with Crippen LogP contribution >= 0.6 is 27.3 Å². The summed E-state index contributed by atoms with van der Waals surface area (Å²) in [5, 5.41) is 8.37. The number of rotatable bonds is 7. The molecule has 0 spiro atoms. The molecular formula is C18H23BrN2O2S. The Labute approximate surface area is 155 Å². The fourth-order valence-corrected chi connectivity index (χ4v) is 3.24. The first kappa shape index (κ1) is 19.0. The van der Waals surface area contributed by atoms with Gasteiger partial charge in [-0.3, -0.25) is 4.79 Å². The Morgan fingerprint density at radius 3 is 2.71 bits per heavy atom. The van der Waals surface area contributed by atoms with Crippen LogP contribution in [0.25, 0.3) is 0 Å². The minimum atomic E-state index is -0.259. The molecule has 0 saturated carbocycles. The third-order valence-electron chi connectivity index (χ3n) is 3.09. The average Bonchev–Trinajstić information content (AvgIpc) is 2.98. The molecule has 0 bridgehead atoms. The molecule has 130 valence electrons. The minimum absolute atomic E-state index is 0.0107. The molecule has 0 aliphatic rings. The monoisotopic (exact) mass is 410 g/mol. The number of carbonyl (C=O) groups excluding carboxylic acids is 1. The number of amides is 1. The molecule has 1 heterocycles. The molecule has 0 radical (unpaired) electrons. The van der Waals surface area contributed by atoms with Crippen LogP contribution in [0.3, 0.4) is 0 Å². The van der Waals surface area contributed by atoms with E-state index in [1.807, 2.05) is 45.0 Å². The summed E-state index contributed by atoms with van der Waals surface area (Å²) in [5.41, 5.74) is 0.759. The summed E-state index contributed by atoms with van der Waals surface area (Å²) in [6, 6.07) is 9.96. The summed E-state index contributed by atoms with van der Waals surface area (Å²) < 4.78 is 6.71. The first-order valence-electron chi connectivity index (χ1n) is 7.79. The van der Waals surface area contributed by atoms with E-state index in [9.17, 15) is 4.79 Å². The van der Waals surface area contributed by atoms with E-state index in [0.717, 1.165) is 22.3 Å². The minimum Gasteiger partial charge on any atom is -0.483 e. The highest BCUT2D eigenvalue weighted by Crippen LogP contribution is 2.23. The summed E-state index contributed by atoms with van der Waals surface area (Å²) in [6.45, 7) is 7.35. The number of benzene rings is 1. The van der Waals surface area contributed by atoms with Crippen LogP contribution in [0, 0.1) is 0 Å². The second kappa shape index (κ2) is 8.65. The van der Waals surface area contributed by atoms with Crippen molar-refractivity contribution in [2.75, 3.05) is 6.61 Å². The van der Waals surface area contributed by atoms with Crippen LogP contribution in [0.1, 0.15) is 31.2 Å². The highest BCUT2D eigenvalue weighted by Gasteiger charge is 2.14. The van der Waals surface area contributed by atoms with E-state index in [4.69, 9.17) is 4.74 Å². The SMILES string of the molecule is CC(C)(C)NC(=O)COc1ccc(Br)cc1CNCc1cccs1. The molecule has 0 saturated heterocycles. The summed E-state index contributed by atoms with van der Waals surface area (Å²) in [5.74, 6) is 0.601. The largest absolute Gasteiger partial charge is 0.483 e.